The molecular formula is C16H15ClN2O4. The van der Waals surface area contributed by atoms with E-state index < -0.39 is 11.8 Å². The number of amides is 2. The monoisotopic (exact) mass is 334 g/mol. The summed E-state index contributed by atoms with van der Waals surface area (Å²) in [4.78, 5) is 23.9. The largest absolute Gasteiger partial charge is 0.507 e. The van der Waals surface area contributed by atoms with Gasteiger partial charge in [-0.3, -0.25) is 20.4 Å². The third-order valence-corrected chi connectivity index (χ3v) is 3.16. The Labute approximate surface area is 138 Å². The lowest BCUT2D eigenvalue weighted by Crippen LogP contribution is -2.41. The zero-order valence-electron chi connectivity index (χ0n) is 12.3. The Morgan fingerprint density at radius 3 is 2.39 bits per heavy atom. The van der Waals surface area contributed by atoms with Crippen molar-refractivity contribution in [3.05, 3.63) is 58.6 Å². The van der Waals surface area contributed by atoms with Crippen LogP contribution in [0.3, 0.4) is 0 Å². The van der Waals surface area contributed by atoms with Crippen molar-refractivity contribution in [3.63, 3.8) is 0 Å². The van der Waals surface area contributed by atoms with Crippen molar-refractivity contribution in [2.45, 2.75) is 6.92 Å². The Balaban J connectivity index is 1.98. The first-order chi connectivity index (χ1) is 11.0. The highest BCUT2D eigenvalue weighted by atomic mass is 35.5. The van der Waals surface area contributed by atoms with Gasteiger partial charge in [0.25, 0.3) is 11.8 Å². The van der Waals surface area contributed by atoms with Crippen molar-refractivity contribution in [2.75, 3.05) is 6.61 Å². The second-order valence-electron chi connectivity index (χ2n) is 4.53. The fourth-order valence-electron chi connectivity index (χ4n) is 1.81. The molecule has 2 aromatic rings. The molecule has 0 spiro atoms. The molecule has 0 saturated carbocycles. The van der Waals surface area contributed by atoms with Crippen LogP contribution >= 0.6 is 11.6 Å². The molecule has 0 aliphatic carbocycles. The number of phenols is 1. The van der Waals surface area contributed by atoms with E-state index in [-0.39, 0.29) is 11.3 Å². The fraction of sp³-hybridized carbons (Fsp3) is 0.125. The number of nitrogens with one attached hydrogen (secondary N) is 2. The third-order valence-electron chi connectivity index (χ3n) is 2.92. The standard InChI is InChI=1S/C16H15ClN2O4/c1-2-23-12-6-3-10(4-7-12)15(21)18-19-16(22)13-9-11(17)5-8-14(13)20/h3-9,20H,2H2,1H3,(H,18,21)(H,19,22). The van der Waals surface area contributed by atoms with Crippen LogP contribution in [0, 0.1) is 0 Å². The molecule has 0 aliphatic heterocycles. The topological polar surface area (TPSA) is 87.7 Å². The smallest absolute Gasteiger partial charge is 0.273 e. The van der Waals surface area contributed by atoms with Crippen molar-refractivity contribution in [2.24, 2.45) is 0 Å². The maximum absolute atomic E-state index is 11.9. The van der Waals surface area contributed by atoms with Crippen LogP contribution in [0.1, 0.15) is 27.6 Å². The number of aromatic hydroxyl groups is 1. The molecule has 6 nitrogen and oxygen atoms in total. The molecule has 7 heteroatoms. The van der Waals surface area contributed by atoms with E-state index in [1.54, 1.807) is 24.3 Å². The van der Waals surface area contributed by atoms with Crippen molar-refractivity contribution in [3.8, 4) is 11.5 Å². The summed E-state index contributed by atoms with van der Waals surface area (Å²) in [5.74, 6) is -0.758. The number of ether oxygens (including phenoxy) is 1. The van der Waals surface area contributed by atoms with Crippen molar-refractivity contribution < 1.29 is 19.4 Å². The summed E-state index contributed by atoms with van der Waals surface area (Å²) in [6.07, 6.45) is 0. The van der Waals surface area contributed by atoms with Crippen LogP contribution in [0.4, 0.5) is 0 Å². The van der Waals surface area contributed by atoms with Crippen LogP contribution in [0.25, 0.3) is 0 Å². The third kappa shape index (κ3) is 4.37. The van der Waals surface area contributed by atoms with Crippen molar-refractivity contribution in [1.29, 1.82) is 0 Å². The number of carbonyl (C=O) groups is 2. The summed E-state index contributed by atoms with van der Waals surface area (Å²) in [6, 6.07) is 10.5. The second kappa shape index (κ2) is 7.51. The molecule has 0 fully saturated rings. The average Bonchev–Trinajstić information content (AvgIpc) is 2.55. The molecule has 2 amide bonds. The molecule has 0 aliphatic rings. The normalized spacial score (nSPS) is 10.0. The van der Waals surface area contributed by atoms with Crippen LogP contribution in [0.2, 0.25) is 5.02 Å². The van der Waals surface area contributed by atoms with Crippen LogP contribution < -0.4 is 15.6 Å². The molecule has 2 aromatic carbocycles. The summed E-state index contributed by atoms with van der Waals surface area (Å²) in [5.41, 5.74) is 4.79. The lowest BCUT2D eigenvalue weighted by Gasteiger charge is -2.09. The van der Waals surface area contributed by atoms with Gasteiger partial charge in [-0.25, -0.2) is 0 Å². The summed E-state index contributed by atoms with van der Waals surface area (Å²) < 4.78 is 5.28. The highest BCUT2D eigenvalue weighted by Crippen LogP contribution is 2.21. The molecule has 0 heterocycles. The highest BCUT2D eigenvalue weighted by molar-refractivity contribution is 6.31. The van der Waals surface area contributed by atoms with Crippen molar-refractivity contribution in [1.82, 2.24) is 10.9 Å². The molecule has 23 heavy (non-hydrogen) atoms. The number of phenolic OH excluding ortho intramolecular Hbond substituents is 1. The molecule has 120 valence electrons. The van der Waals surface area contributed by atoms with E-state index in [1.165, 1.54) is 18.2 Å². The second-order valence-corrected chi connectivity index (χ2v) is 4.96. The van der Waals surface area contributed by atoms with Crippen LogP contribution in [0.15, 0.2) is 42.5 Å². The Morgan fingerprint density at radius 1 is 1.09 bits per heavy atom. The average molecular weight is 335 g/mol. The molecule has 0 aromatic heterocycles. The number of benzene rings is 2. The van der Waals surface area contributed by atoms with E-state index >= 15 is 0 Å². The quantitative estimate of drug-likeness (QED) is 0.750. The van der Waals surface area contributed by atoms with Gasteiger partial charge in [-0.1, -0.05) is 11.6 Å². The van der Waals surface area contributed by atoms with Gasteiger partial charge in [0.05, 0.1) is 12.2 Å². The van der Waals surface area contributed by atoms with Crippen LogP contribution in [-0.4, -0.2) is 23.5 Å². The lowest BCUT2D eigenvalue weighted by atomic mass is 10.2. The van der Waals surface area contributed by atoms with Gasteiger partial charge in [-0.15, -0.1) is 0 Å². The van der Waals surface area contributed by atoms with Gasteiger partial charge in [-0.2, -0.15) is 0 Å². The number of hydrogen-bond donors (Lipinski definition) is 3. The minimum atomic E-state index is -0.677. The number of carbonyl (C=O) groups excluding carboxylic acids is 2. The maximum Gasteiger partial charge on any atom is 0.273 e. The van der Waals surface area contributed by atoms with Gasteiger partial charge in [0.1, 0.15) is 11.5 Å². The van der Waals surface area contributed by atoms with Gasteiger partial charge in [0, 0.05) is 10.6 Å². The Bertz CT molecular complexity index is 717. The number of hydrogen-bond acceptors (Lipinski definition) is 4. The maximum atomic E-state index is 11.9. The van der Waals surface area contributed by atoms with Gasteiger partial charge in [0.15, 0.2) is 0 Å². The van der Waals surface area contributed by atoms with E-state index in [9.17, 15) is 14.7 Å². The molecule has 0 bridgehead atoms. The predicted octanol–water partition coefficient (Wildman–Crippen LogP) is 2.52. The predicted molar refractivity (Wildman–Crippen MR) is 85.7 cm³/mol. The SMILES string of the molecule is CCOc1ccc(C(=O)NNC(=O)c2cc(Cl)ccc2O)cc1. The minimum absolute atomic E-state index is 0.0375. The summed E-state index contributed by atoms with van der Waals surface area (Å²) in [5, 5.41) is 9.92. The zero-order valence-corrected chi connectivity index (χ0v) is 13.1. The summed E-state index contributed by atoms with van der Waals surface area (Å²) in [6.45, 7) is 2.39. The van der Waals surface area contributed by atoms with E-state index in [1.807, 2.05) is 6.92 Å². The minimum Gasteiger partial charge on any atom is -0.507 e. The van der Waals surface area contributed by atoms with E-state index in [0.717, 1.165) is 0 Å². The molecule has 0 atom stereocenters. The summed E-state index contributed by atoms with van der Waals surface area (Å²) in [7, 11) is 0. The van der Waals surface area contributed by atoms with Gasteiger partial charge in [-0.05, 0) is 49.4 Å². The Morgan fingerprint density at radius 2 is 1.74 bits per heavy atom. The lowest BCUT2D eigenvalue weighted by molar-refractivity contribution is 0.0845. The molecule has 0 unspecified atom stereocenters. The molecular weight excluding hydrogens is 320 g/mol. The molecule has 0 saturated heterocycles. The molecule has 2 rings (SSSR count). The first kappa shape index (κ1) is 16.6. The van der Waals surface area contributed by atoms with Crippen LogP contribution in [0.5, 0.6) is 11.5 Å². The van der Waals surface area contributed by atoms with E-state index in [4.69, 9.17) is 16.3 Å². The zero-order chi connectivity index (χ0) is 16.8. The number of halogens is 1. The number of hydrazine groups is 1. The highest BCUT2D eigenvalue weighted by Gasteiger charge is 2.13. The van der Waals surface area contributed by atoms with Crippen molar-refractivity contribution >= 4 is 23.4 Å². The Hall–Kier alpha value is -2.73. The van der Waals surface area contributed by atoms with Gasteiger partial charge in [0.2, 0.25) is 0 Å². The van der Waals surface area contributed by atoms with E-state index in [2.05, 4.69) is 10.9 Å². The van der Waals surface area contributed by atoms with E-state index in [0.29, 0.717) is 22.9 Å². The fourth-order valence-corrected chi connectivity index (χ4v) is 1.98. The molecule has 0 radical (unpaired) electrons. The first-order valence-corrected chi connectivity index (χ1v) is 7.21. The van der Waals surface area contributed by atoms with Gasteiger partial charge < -0.3 is 9.84 Å². The number of rotatable bonds is 4. The first-order valence-electron chi connectivity index (χ1n) is 6.83. The Kier molecular flexibility index (Phi) is 5.43. The summed E-state index contributed by atoms with van der Waals surface area (Å²) >= 11 is 5.77. The molecule has 3 N–H and O–H groups in total. The van der Waals surface area contributed by atoms with Gasteiger partial charge >= 0.3 is 0 Å². The van der Waals surface area contributed by atoms with Crippen LogP contribution in [-0.2, 0) is 0 Å².